The molecule has 0 aliphatic heterocycles. The van der Waals surface area contributed by atoms with Gasteiger partial charge < -0.3 is 14.1 Å². The van der Waals surface area contributed by atoms with Crippen LogP contribution in [0.4, 0.5) is 32.0 Å². The van der Waals surface area contributed by atoms with Gasteiger partial charge in [-0.2, -0.15) is 31.6 Å². The topological polar surface area (TPSA) is 79.4 Å². The number of rotatable bonds is 5. The first kappa shape index (κ1) is 21.1. The molecule has 0 unspecified atom stereocenters. The molecule has 0 saturated carbocycles. The van der Waals surface area contributed by atoms with Crippen LogP contribution in [0.15, 0.2) is 28.9 Å². The molecule has 12 heteroatoms. The first-order valence-electron chi connectivity index (χ1n) is 7.40. The summed E-state index contributed by atoms with van der Waals surface area (Å²) in [5.41, 5.74) is -2.86. The van der Waals surface area contributed by atoms with Crippen molar-refractivity contribution in [3.05, 3.63) is 47.2 Å². The number of hydrogen-bond donors (Lipinski definition) is 0. The van der Waals surface area contributed by atoms with Crippen LogP contribution in [0.1, 0.15) is 27.5 Å². The third kappa shape index (κ3) is 5.15. The van der Waals surface area contributed by atoms with E-state index in [1.54, 1.807) is 0 Å². The molecule has 150 valence electrons. The highest BCUT2D eigenvalue weighted by Gasteiger charge is 2.36. The number of methoxy groups -OCH3 is 1. The van der Waals surface area contributed by atoms with Crippen molar-refractivity contribution in [3.63, 3.8) is 0 Å². The second-order valence-electron chi connectivity index (χ2n) is 5.43. The number of nitrogens with zero attached hydrogens (tertiary/aromatic N) is 3. The van der Waals surface area contributed by atoms with Gasteiger partial charge in [-0.25, -0.2) is 9.78 Å². The summed E-state index contributed by atoms with van der Waals surface area (Å²) >= 11 is 0. The van der Waals surface area contributed by atoms with E-state index in [4.69, 9.17) is 9.68 Å². The fourth-order valence-electron chi connectivity index (χ4n) is 2.26. The molecule has 1 aromatic carbocycles. The zero-order chi connectivity index (χ0) is 21.1. The maximum Gasteiger partial charge on any atom is 0.417 e. The number of benzene rings is 1. The minimum atomic E-state index is -4.94. The quantitative estimate of drug-likeness (QED) is 0.552. The molecule has 0 spiro atoms. The maximum atomic E-state index is 13.1. The van der Waals surface area contributed by atoms with Crippen LogP contribution < -0.4 is 4.90 Å². The van der Waals surface area contributed by atoms with Crippen LogP contribution in [0.5, 0.6) is 0 Å². The van der Waals surface area contributed by atoms with Crippen LogP contribution in [-0.2, 0) is 17.5 Å². The van der Waals surface area contributed by atoms with E-state index in [1.165, 1.54) is 6.07 Å². The maximum absolute atomic E-state index is 13.1. The van der Waals surface area contributed by atoms with Crippen molar-refractivity contribution in [1.82, 2.24) is 4.98 Å². The summed E-state index contributed by atoms with van der Waals surface area (Å²) in [5, 5.41) is 8.80. The van der Waals surface area contributed by atoms with E-state index in [-0.39, 0.29) is 11.6 Å². The van der Waals surface area contributed by atoms with E-state index in [2.05, 4.69) is 9.72 Å². The highest BCUT2D eigenvalue weighted by atomic mass is 19.4. The second-order valence-corrected chi connectivity index (χ2v) is 5.43. The Bertz CT molecular complexity index is 898. The molecule has 0 aliphatic carbocycles. The Balaban J connectivity index is 2.42. The Morgan fingerprint density at radius 1 is 1.29 bits per heavy atom. The third-order valence-corrected chi connectivity index (χ3v) is 3.44. The second kappa shape index (κ2) is 7.79. The van der Waals surface area contributed by atoms with Gasteiger partial charge >= 0.3 is 18.3 Å². The molecule has 0 atom stereocenters. The molecule has 0 saturated heterocycles. The lowest BCUT2D eigenvalue weighted by molar-refractivity contribution is -0.137. The lowest BCUT2D eigenvalue weighted by Crippen LogP contribution is -2.34. The van der Waals surface area contributed by atoms with Crippen molar-refractivity contribution in [2.75, 3.05) is 18.6 Å². The van der Waals surface area contributed by atoms with Crippen molar-refractivity contribution in [2.45, 2.75) is 18.9 Å². The van der Waals surface area contributed by atoms with Gasteiger partial charge in [-0.3, -0.25) is 0 Å². The molecule has 0 amide bonds. The first-order chi connectivity index (χ1) is 12.9. The number of ether oxygens (including phenoxy) is 1. The standard InChI is InChI=1S/C16H11F6N3O3/c1-27-14(26)12-7-28-13(24-12)6-25(8-15(17,18)19)10-3-2-9(5-23)11(4-10)16(20,21)22/h2-4,7H,6,8H2,1H3. The Hall–Kier alpha value is -3.23. The van der Waals surface area contributed by atoms with Crippen LogP contribution in [-0.4, -0.2) is 30.8 Å². The summed E-state index contributed by atoms with van der Waals surface area (Å²) in [6, 6.07) is 3.51. The number of nitriles is 1. The Labute approximate surface area is 153 Å². The van der Waals surface area contributed by atoms with E-state index in [0.717, 1.165) is 25.5 Å². The van der Waals surface area contributed by atoms with Crippen LogP contribution in [0, 0.1) is 11.3 Å². The number of hydrogen-bond acceptors (Lipinski definition) is 6. The lowest BCUT2D eigenvalue weighted by Gasteiger charge is -2.25. The number of carbonyl (C=O) groups is 1. The molecule has 6 nitrogen and oxygen atoms in total. The average molecular weight is 407 g/mol. The molecular formula is C16H11F6N3O3. The van der Waals surface area contributed by atoms with Gasteiger partial charge in [-0.15, -0.1) is 0 Å². The predicted octanol–water partition coefficient (Wildman–Crippen LogP) is 3.92. The van der Waals surface area contributed by atoms with Crippen molar-refractivity contribution >= 4 is 11.7 Å². The average Bonchev–Trinajstić information content (AvgIpc) is 3.06. The Morgan fingerprint density at radius 3 is 2.50 bits per heavy atom. The van der Waals surface area contributed by atoms with Gasteiger partial charge in [0.25, 0.3) is 0 Å². The summed E-state index contributed by atoms with van der Waals surface area (Å²) in [7, 11) is 1.06. The van der Waals surface area contributed by atoms with Gasteiger partial charge in [0.15, 0.2) is 5.69 Å². The van der Waals surface area contributed by atoms with Crippen LogP contribution >= 0.6 is 0 Å². The predicted molar refractivity (Wildman–Crippen MR) is 81.1 cm³/mol. The number of carbonyl (C=O) groups excluding carboxylic acids is 1. The van der Waals surface area contributed by atoms with Gasteiger partial charge in [0.2, 0.25) is 5.89 Å². The fourth-order valence-corrected chi connectivity index (χ4v) is 2.26. The summed E-state index contributed by atoms with van der Waals surface area (Å²) in [6.45, 7) is -2.30. The van der Waals surface area contributed by atoms with E-state index in [0.29, 0.717) is 11.0 Å². The molecule has 0 bridgehead atoms. The number of anilines is 1. The summed E-state index contributed by atoms with van der Waals surface area (Å²) in [4.78, 5) is 15.5. The molecule has 2 rings (SSSR count). The molecule has 0 radical (unpaired) electrons. The van der Waals surface area contributed by atoms with Crippen molar-refractivity contribution in [1.29, 1.82) is 5.26 Å². The molecule has 0 aliphatic rings. The van der Waals surface area contributed by atoms with Crippen molar-refractivity contribution < 1.29 is 40.3 Å². The molecular weight excluding hydrogens is 396 g/mol. The number of esters is 1. The summed E-state index contributed by atoms with van der Waals surface area (Å²) in [6.07, 6.45) is -8.84. The summed E-state index contributed by atoms with van der Waals surface area (Å²) < 4.78 is 87.4. The van der Waals surface area contributed by atoms with Gasteiger partial charge in [0, 0.05) is 5.69 Å². The minimum Gasteiger partial charge on any atom is -0.464 e. The van der Waals surface area contributed by atoms with Crippen molar-refractivity contribution in [2.24, 2.45) is 0 Å². The molecule has 28 heavy (non-hydrogen) atoms. The molecule has 0 N–H and O–H groups in total. The highest BCUT2D eigenvalue weighted by Crippen LogP contribution is 2.35. The third-order valence-electron chi connectivity index (χ3n) is 3.44. The lowest BCUT2D eigenvalue weighted by atomic mass is 10.1. The van der Waals surface area contributed by atoms with Crippen LogP contribution in [0.3, 0.4) is 0 Å². The van der Waals surface area contributed by atoms with Gasteiger partial charge in [0.05, 0.1) is 30.9 Å². The van der Waals surface area contributed by atoms with Gasteiger partial charge in [0.1, 0.15) is 12.8 Å². The zero-order valence-corrected chi connectivity index (χ0v) is 14.1. The summed E-state index contributed by atoms with van der Waals surface area (Å²) in [5.74, 6) is -1.24. The molecule has 0 fully saturated rings. The molecule has 1 aromatic heterocycles. The van der Waals surface area contributed by atoms with Gasteiger partial charge in [-0.05, 0) is 18.2 Å². The van der Waals surface area contributed by atoms with Crippen molar-refractivity contribution in [3.8, 4) is 6.07 Å². The molecule has 1 heterocycles. The van der Waals surface area contributed by atoms with E-state index < -0.39 is 48.2 Å². The Kier molecular flexibility index (Phi) is 5.86. The number of alkyl halides is 6. The monoisotopic (exact) mass is 407 g/mol. The fraction of sp³-hybridized carbons (Fsp3) is 0.312. The smallest absolute Gasteiger partial charge is 0.417 e. The van der Waals surface area contributed by atoms with E-state index in [9.17, 15) is 31.1 Å². The molecule has 2 aromatic rings. The largest absolute Gasteiger partial charge is 0.464 e. The minimum absolute atomic E-state index is 0.305. The highest BCUT2D eigenvalue weighted by molar-refractivity contribution is 5.86. The van der Waals surface area contributed by atoms with Crippen LogP contribution in [0.25, 0.3) is 0 Å². The van der Waals surface area contributed by atoms with Gasteiger partial charge in [-0.1, -0.05) is 0 Å². The van der Waals surface area contributed by atoms with Crippen LogP contribution in [0.2, 0.25) is 0 Å². The number of halogens is 6. The SMILES string of the molecule is COC(=O)c1coc(CN(CC(F)(F)F)c2ccc(C#N)c(C(F)(F)F)c2)n1. The Morgan fingerprint density at radius 2 is 1.96 bits per heavy atom. The van der Waals surface area contributed by atoms with E-state index in [1.807, 2.05) is 0 Å². The normalized spacial score (nSPS) is 11.8. The number of oxazole rings is 1. The first-order valence-corrected chi connectivity index (χ1v) is 7.40. The zero-order valence-electron chi connectivity index (χ0n) is 14.1. The van der Waals surface area contributed by atoms with E-state index >= 15 is 0 Å². The number of aromatic nitrogens is 1.